The molecule has 0 bridgehead atoms. The van der Waals surface area contributed by atoms with Crippen LogP contribution in [0.5, 0.6) is 11.5 Å². The van der Waals surface area contributed by atoms with Crippen molar-refractivity contribution in [2.24, 2.45) is 0 Å². The molecule has 0 aliphatic heterocycles. The van der Waals surface area contributed by atoms with Crippen molar-refractivity contribution in [3.05, 3.63) is 58.1 Å². The van der Waals surface area contributed by atoms with E-state index in [-0.39, 0.29) is 6.61 Å². The first-order valence-corrected chi connectivity index (χ1v) is 7.68. The largest absolute Gasteiger partial charge is 0.513 e. The third-order valence-corrected chi connectivity index (χ3v) is 3.76. The van der Waals surface area contributed by atoms with E-state index < -0.39 is 6.16 Å². The second-order valence-electron chi connectivity index (χ2n) is 5.03. The van der Waals surface area contributed by atoms with Gasteiger partial charge in [-0.3, -0.25) is 0 Å². The zero-order valence-electron chi connectivity index (χ0n) is 13.4. The van der Waals surface area contributed by atoms with Crippen molar-refractivity contribution in [2.75, 3.05) is 7.11 Å². The number of carbonyl (C=O) groups excluding carboxylic acids is 1. The van der Waals surface area contributed by atoms with Crippen LogP contribution in [0, 0.1) is 6.92 Å². The molecule has 2 rings (SSSR count). The van der Waals surface area contributed by atoms with E-state index in [1.165, 1.54) is 12.7 Å². The molecule has 2 aromatic rings. The molecule has 0 heterocycles. The van der Waals surface area contributed by atoms with E-state index in [9.17, 15) is 4.79 Å². The molecule has 0 aromatic heterocycles. The minimum atomic E-state index is -0.793. The lowest BCUT2D eigenvalue weighted by Crippen LogP contribution is -2.10. The molecule has 0 aliphatic carbocycles. The first kappa shape index (κ1) is 17.2. The summed E-state index contributed by atoms with van der Waals surface area (Å²) in [6, 6.07) is 11.1. The molecule has 0 fully saturated rings. The first-order valence-electron chi connectivity index (χ1n) is 7.30. The summed E-state index contributed by atoms with van der Waals surface area (Å²) in [6.45, 7) is 4.31. The van der Waals surface area contributed by atoms with Gasteiger partial charge in [-0.2, -0.15) is 0 Å². The molecule has 4 nitrogen and oxygen atoms in total. The number of hydrogen-bond donors (Lipinski definition) is 0. The van der Waals surface area contributed by atoms with Crippen LogP contribution in [0.15, 0.2) is 36.4 Å². The zero-order chi connectivity index (χ0) is 16.8. The Balaban J connectivity index is 2.22. The predicted octanol–water partition coefficient (Wildman–Crippen LogP) is 4.94. The fourth-order valence-electron chi connectivity index (χ4n) is 2.18. The molecule has 0 amide bonds. The highest BCUT2D eigenvalue weighted by Crippen LogP contribution is 2.29. The Labute approximate surface area is 140 Å². The Morgan fingerprint density at radius 2 is 1.96 bits per heavy atom. The fourth-order valence-corrected chi connectivity index (χ4v) is 2.40. The fraction of sp³-hybridized carbons (Fsp3) is 0.278. The summed E-state index contributed by atoms with van der Waals surface area (Å²) in [5.74, 6) is 1.12. The molecular formula is C18H19ClO4. The number of ether oxygens (including phenoxy) is 3. The van der Waals surface area contributed by atoms with Crippen LogP contribution in [-0.2, 0) is 17.8 Å². The summed E-state index contributed by atoms with van der Waals surface area (Å²) in [7, 11) is 1.25. The molecule has 0 aliphatic rings. The van der Waals surface area contributed by atoms with Gasteiger partial charge in [0.25, 0.3) is 0 Å². The highest BCUT2D eigenvalue weighted by atomic mass is 35.5. The smallest absolute Gasteiger partial charge is 0.488 e. The van der Waals surface area contributed by atoms with Gasteiger partial charge >= 0.3 is 6.16 Å². The second kappa shape index (κ2) is 7.88. The minimum absolute atomic E-state index is 0.196. The van der Waals surface area contributed by atoms with Crippen LogP contribution < -0.4 is 9.47 Å². The first-order chi connectivity index (χ1) is 11.0. The quantitative estimate of drug-likeness (QED) is 0.574. The number of carbonyl (C=O) groups is 1. The highest BCUT2D eigenvalue weighted by Gasteiger charge is 2.14. The summed E-state index contributed by atoms with van der Waals surface area (Å²) >= 11 is 6.21. The lowest BCUT2D eigenvalue weighted by atomic mass is 10.1. The normalized spacial score (nSPS) is 10.3. The van der Waals surface area contributed by atoms with Crippen molar-refractivity contribution in [3.63, 3.8) is 0 Å². The molecular weight excluding hydrogens is 316 g/mol. The maximum atomic E-state index is 11.3. The number of aryl methyl sites for hydroxylation is 2. The van der Waals surface area contributed by atoms with E-state index >= 15 is 0 Å². The van der Waals surface area contributed by atoms with Crippen molar-refractivity contribution < 1.29 is 19.0 Å². The van der Waals surface area contributed by atoms with Gasteiger partial charge in [0.1, 0.15) is 18.1 Å². The van der Waals surface area contributed by atoms with Crippen molar-refractivity contribution in [1.29, 1.82) is 0 Å². The van der Waals surface area contributed by atoms with Gasteiger partial charge in [-0.25, -0.2) is 4.79 Å². The Hall–Kier alpha value is -2.20. The summed E-state index contributed by atoms with van der Waals surface area (Å²) in [6.07, 6.45) is 0.0727. The van der Waals surface area contributed by atoms with E-state index in [0.717, 1.165) is 17.7 Å². The monoisotopic (exact) mass is 334 g/mol. The van der Waals surface area contributed by atoms with Crippen LogP contribution in [0.3, 0.4) is 0 Å². The molecule has 0 N–H and O–H groups in total. The van der Waals surface area contributed by atoms with Gasteiger partial charge in [-0.05, 0) is 37.1 Å². The number of halogens is 1. The standard InChI is InChI=1S/C18H19ClO4/c1-4-13-10-12(2)8-9-16(13)22-11-14-15(19)6-5-7-17(14)23-18(20)21-3/h5-10H,4,11H2,1-3H3. The molecule has 2 aromatic carbocycles. The Kier molecular flexibility index (Phi) is 5.88. The van der Waals surface area contributed by atoms with Crippen LogP contribution in [0.1, 0.15) is 23.6 Å². The van der Waals surface area contributed by atoms with Crippen molar-refractivity contribution in [1.82, 2.24) is 0 Å². The van der Waals surface area contributed by atoms with Gasteiger partial charge in [0.15, 0.2) is 0 Å². The second-order valence-corrected chi connectivity index (χ2v) is 5.43. The molecule has 0 radical (unpaired) electrons. The Morgan fingerprint density at radius 1 is 1.17 bits per heavy atom. The molecule has 0 spiro atoms. The van der Waals surface area contributed by atoms with E-state index in [2.05, 4.69) is 17.7 Å². The minimum Gasteiger partial charge on any atom is -0.488 e. The van der Waals surface area contributed by atoms with E-state index in [1.54, 1.807) is 18.2 Å². The van der Waals surface area contributed by atoms with Gasteiger partial charge in [0.2, 0.25) is 0 Å². The maximum Gasteiger partial charge on any atom is 0.513 e. The molecule has 5 heteroatoms. The Bertz CT molecular complexity index is 697. The van der Waals surface area contributed by atoms with Crippen LogP contribution >= 0.6 is 11.6 Å². The number of rotatable bonds is 5. The number of methoxy groups -OCH3 is 1. The van der Waals surface area contributed by atoms with Crippen molar-refractivity contribution in [2.45, 2.75) is 26.9 Å². The third kappa shape index (κ3) is 4.39. The summed E-state index contributed by atoms with van der Waals surface area (Å²) in [5, 5.41) is 0.469. The van der Waals surface area contributed by atoms with Crippen molar-refractivity contribution >= 4 is 17.8 Å². The lowest BCUT2D eigenvalue weighted by molar-refractivity contribution is 0.120. The molecule has 0 atom stereocenters. The lowest BCUT2D eigenvalue weighted by Gasteiger charge is -2.14. The van der Waals surface area contributed by atoms with Gasteiger partial charge < -0.3 is 14.2 Å². The number of hydrogen-bond acceptors (Lipinski definition) is 4. The van der Waals surface area contributed by atoms with E-state index in [0.29, 0.717) is 16.3 Å². The van der Waals surface area contributed by atoms with E-state index in [1.807, 2.05) is 19.1 Å². The van der Waals surface area contributed by atoms with E-state index in [4.69, 9.17) is 21.1 Å². The van der Waals surface area contributed by atoms with Crippen LogP contribution in [0.25, 0.3) is 0 Å². The molecule has 122 valence electrons. The van der Waals surface area contributed by atoms with Gasteiger partial charge in [-0.15, -0.1) is 0 Å². The molecule has 0 unspecified atom stereocenters. The predicted molar refractivity (Wildman–Crippen MR) is 89.4 cm³/mol. The van der Waals surface area contributed by atoms with Gasteiger partial charge in [0, 0.05) is 0 Å². The molecule has 23 heavy (non-hydrogen) atoms. The van der Waals surface area contributed by atoms with Gasteiger partial charge in [-0.1, -0.05) is 42.3 Å². The van der Waals surface area contributed by atoms with Gasteiger partial charge in [0.05, 0.1) is 17.7 Å². The zero-order valence-corrected chi connectivity index (χ0v) is 14.1. The topological polar surface area (TPSA) is 44.8 Å². The Morgan fingerprint density at radius 3 is 2.65 bits per heavy atom. The third-order valence-electron chi connectivity index (χ3n) is 3.40. The SMILES string of the molecule is CCc1cc(C)ccc1OCc1c(Cl)cccc1OC(=O)OC. The average Bonchev–Trinajstić information content (AvgIpc) is 2.55. The van der Waals surface area contributed by atoms with Crippen LogP contribution in [0.2, 0.25) is 5.02 Å². The molecule has 0 saturated heterocycles. The summed E-state index contributed by atoms with van der Waals surface area (Å²) < 4.78 is 15.5. The van der Waals surface area contributed by atoms with Crippen LogP contribution in [0.4, 0.5) is 4.79 Å². The highest BCUT2D eigenvalue weighted by molar-refractivity contribution is 6.31. The number of benzene rings is 2. The molecule has 0 saturated carbocycles. The summed E-state index contributed by atoms with van der Waals surface area (Å²) in [5.41, 5.74) is 2.90. The summed E-state index contributed by atoms with van der Waals surface area (Å²) in [4.78, 5) is 11.3. The van der Waals surface area contributed by atoms with Crippen molar-refractivity contribution in [3.8, 4) is 11.5 Å². The maximum absolute atomic E-state index is 11.3. The van der Waals surface area contributed by atoms with Crippen LogP contribution in [-0.4, -0.2) is 13.3 Å². The average molecular weight is 335 g/mol.